The maximum Gasteiger partial charge on any atom is 0.408 e. The van der Waals surface area contributed by atoms with E-state index in [-0.39, 0.29) is 63.7 Å². The lowest BCUT2D eigenvalue weighted by Crippen LogP contribution is -2.59. The highest BCUT2D eigenvalue weighted by Gasteiger charge is 2.34. The fourth-order valence-electron chi connectivity index (χ4n) is 6.12. The number of ether oxygens (including phenoxy) is 1. The van der Waals surface area contributed by atoms with Crippen molar-refractivity contribution in [3.05, 3.63) is 35.9 Å². The summed E-state index contributed by atoms with van der Waals surface area (Å²) in [5, 5.41) is 42.9. The van der Waals surface area contributed by atoms with Crippen LogP contribution in [0.25, 0.3) is 0 Å². The third kappa shape index (κ3) is 24.7. The molecule has 1 rings (SSSR count). The first-order valence-corrected chi connectivity index (χ1v) is 21.3. The SMILES string of the molecule is CC(C)CC(NC(=O)OCc1ccccc1)C(=O)NC(CCC(N)=O)C(=O)NC(CCC(=O)O)C(=O)NC(CCCCN)C(=O)NC(CCC(=O)O)C(=O)NC(CCCN=C(N)N)C(=O)O. The van der Waals surface area contributed by atoms with E-state index in [9.17, 15) is 63.3 Å². The standard InChI is InChI=1S/C41H65N11O14/c1-23(2)21-30(52-41(65)66-22-24-9-4-3-5-10-24)38(62)50-26(13-16-31(43)53)35(59)49-27(14-17-32(54)55)36(60)47-25(11-6-7-19-42)34(58)48-28(15-18-33(56)57)37(61)51-29(39(63)64)12-8-20-46-40(44)45/h3-5,9-10,23,25-30H,6-8,11-22,42H2,1-2H3,(H2,43,53)(H,47,60)(H,48,58)(H,49,59)(H,50,62)(H,51,61)(H,52,65)(H,54,55)(H,56,57)(H,63,64)(H4,44,45,46). The number of aliphatic carboxylic acids is 3. The molecule has 0 aliphatic rings. The molecule has 6 unspecified atom stereocenters. The summed E-state index contributed by atoms with van der Waals surface area (Å²) < 4.78 is 5.25. The summed E-state index contributed by atoms with van der Waals surface area (Å²) in [6.07, 6.45) is -3.65. The van der Waals surface area contributed by atoms with Gasteiger partial charge in [-0.2, -0.15) is 0 Å². The number of carbonyl (C=O) groups excluding carboxylic acids is 7. The van der Waals surface area contributed by atoms with E-state index in [1.807, 2.05) is 0 Å². The highest BCUT2D eigenvalue weighted by atomic mass is 16.5. The molecule has 1 aromatic carbocycles. The molecular formula is C41H65N11O14. The molecular weight excluding hydrogens is 871 g/mol. The number of primary amides is 1. The van der Waals surface area contributed by atoms with Gasteiger partial charge in [-0.3, -0.25) is 43.3 Å². The molecule has 0 saturated heterocycles. The molecule has 17 N–H and O–H groups in total. The van der Waals surface area contributed by atoms with E-state index in [2.05, 4.69) is 36.9 Å². The van der Waals surface area contributed by atoms with Crippen molar-refractivity contribution in [3.8, 4) is 0 Å². The van der Waals surface area contributed by atoms with Gasteiger partial charge in [-0.05, 0) is 75.8 Å². The largest absolute Gasteiger partial charge is 0.481 e. The Hall–Kier alpha value is -7.05. The molecule has 0 fully saturated rings. The molecule has 25 nitrogen and oxygen atoms in total. The predicted octanol–water partition coefficient (Wildman–Crippen LogP) is -1.99. The molecule has 66 heavy (non-hydrogen) atoms. The molecule has 0 spiro atoms. The van der Waals surface area contributed by atoms with E-state index in [4.69, 9.17) is 27.7 Å². The summed E-state index contributed by atoms with van der Waals surface area (Å²) in [6.45, 7) is 3.63. The number of carboxylic acid groups (broad SMARTS) is 3. The van der Waals surface area contributed by atoms with Gasteiger partial charge in [0.2, 0.25) is 35.4 Å². The second kappa shape index (κ2) is 30.9. The summed E-state index contributed by atoms with van der Waals surface area (Å²) in [6, 6.07) is -0.426. The molecule has 0 heterocycles. The molecule has 25 heteroatoms. The van der Waals surface area contributed by atoms with Gasteiger partial charge in [0.1, 0.15) is 42.9 Å². The zero-order valence-electron chi connectivity index (χ0n) is 37.1. The number of hydrogen-bond acceptors (Lipinski definition) is 13. The van der Waals surface area contributed by atoms with Crippen LogP contribution in [0.1, 0.15) is 96.5 Å². The Balaban J connectivity index is 3.39. The van der Waals surface area contributed by atoms with Gasteiger partial charge in [-0.15, -0.1) is 0 Å². The highest BCUT2D eigenvalue weighted by molar-refractivity contribution is 5.97. The lowest BCUT2D eigenvalue weighted by molar-refractivity contribution is -0.143. The number of guanidine groups is 1. The first-order valence-electron chi connectivity index (χ1n) is 21.3. The fraction of sp³-hybridized carbons (Fsp3) is 0.585. The Morgan fingerprint density at radius 1 is 0.576 bits per heavy atom. The Labute approximate surface area is 381 Å². The lowest BCUT2D eigenvalue weighted by atomic mass is 10.0. The second-order valence-electron chi connectivity index (χ2n) is 15.6. The number of carboxylic acids is 3. The number of rotatable bonds is 33. The highest BCUT2D eigenvalue weighted by Crippen LogP contribution is 2.11. The van der Waals surface area contributed by atoms with E-state index in [0.29, 0.717) is 12.0 Å². The van der Waals surface area contributed by atoms with Crippen molar-refractivity contribution in [1.82, 2.24) is 31.9 Å². The number of nitrogens with zero attached hydrogens (tertiary/aromatic N) is 1. The molecule has 0 saturated carbocycles. The van der Waals surface area contributed by atoms with E-state index in [1.165, 1.54) is 0 Å². The summed E-state index contributed by atoms with van der Waals surface area (Å²) in [5.74, 6) is -10.5. The number of alkyl carbamates (subject to hydrolysis) is 1. The van der Waals surface area contributed by atoms with Crippen LogP contribution >= 0.6 is 0 Å². The molecule has 0 aromatic heterocycles. The van der Waals surface area contributed by atoms with Crippen molar-refractivity contribution in [2.75, 3.05) is 13.1 Å². The number of unbranched alkanes of at least 4 members (excludes halogenated alkanes) is 1. The number of nitrogens with two attached hydrogens (primary N) is 4. The quantitative estimate of drug-likeness (QED) is 0.0206. The normalized spacial score (nSPS) is 13.5. The monoisotopic (exact) mass is 935 g/mol. The Kier molecular flexibility index (Phi) is 26.7. The van der Waals surface area contributed by atoms with Gasteiger partial charge in [0.25, 0.3) is 0 Å². The average Bonchev–Trinajstić information content (AvgIpc) is 3.24. The summed E-state index contributed by atoms with van der Waals surface area (Å²) in [5.41, 5.74) is 22.2. The molecule has 368 valence electrons. The summed E-state index contributed by atoms with van der Waals surface area (Å²) >= 11 is 0. The second-order valence-corrected chi connectivity index (χ2v) is 15.6. The molecule has 0 aliphatic heterocycles. The van der Waals surface area contributed by atoms with Gasteiger partial charge >= 0.3 is 24.0 Å². The van der Waals surface area contributed by atoms with Crippen LogP contribution in [0.4, 0.5) is 4.79 Å². The van der Waals surface area contributed by atoms with Crippen molar-refractivity contribution in [3.63, 3.8) is 0 Å². The van der Waals surface area contributed by atoms with Crippen molar-refractivity contribution >= 4 is 65.4 Å². The first kappa shape index (κ1) is 57.0. The van der Waals surface area contributed by atoms with Crippen molar-refractivity contribution in [2.24, 2.45) is 33.8 Å². The Morgan fingerprint density at radius 3 is 1.44 bits per heavy atom. The number of carbonyl (C=O) groups is 10. The molecule has 1 aromatic rings. The number of amides is 7. The van der Waals surface area contributed by atoms with Crippen LogP contribution in [0.15, 0.2) is 35.3 Å². The third-order valence-electron chi connectivity index (χ3n) is 9.54. The van der Waals surface area contributed by atoms with Crippen molar-refractivity contribution < 1.29 is 68.0 Å². The maximum atomic E-state index is 13.9. The number of nitrogens with one attached hydrogen (secondary N) is 6. The summed E-state index contributed by atoms with van der Waals surface area (Å²) in [7, 11) is 0. The van der Waals surface area contributed by atoms with Crippen LogP contribution in [-0.2, 0) is 54.5 Å². The fourth-order valence-corrected chi connectivity index (χ4v) is 6.12. The topological polar surface area (TPSA) is 429 Å². The van der Waals surface area contributed by atoms with Crippen LogP contribution in [0.3, 0.4) is 0 Å². The van der Waals surface area contributed by atoms with Gasteiger partial charge in [-0.1, -0.05) is 44.2 Å². The third-order valence-corrected chi connectivity index (χ3v) is 9.54. The molecule has 7 amide bonds. The van der Waals surface area contributed by atoms with E-state index < -0.39 is 134 Å². The Bertz CT molecular complexity index is 1830. The minimum atomic E-state index is -1.69. The van der Waals surface area contributed by atoms with Crippen LogP contribution in [0.2, 0.25) is 0 Å². The number of benzene rings is 1. The van der Waals surface area contributed by atoms with Crippen LogP contribution < -0.4 is 54.8 Å². The zero-order valence-corrected chi connectivity index (χ0v) is 37.1. The molecule has 0 radical (unpaired) electrons. The molecule has 6 atom stereocenters. The smallest absolute Gasteiger partial charge is 0.408 e. The van der Waals surface area contributed by atoms with E-state index in [1.54, 1.807) is 44.2 Å². The lowest BCUT2D eigenvalue weighted by Gasteiger charge is -2.27. The molecule has 0 aliphatic carbocycles. The molecule has 0 bridgehead atoms. The van der Waals surface area contributed by atoms with Crippen LogP contribution in [-0.4, -0.2) is 130 Å². The van der Waals surface area contributed by atoms with Crippen LogP contribution in [0.5, 0.6) is 0 Å². The van der Waals surface area contributed by atoms with E-state index >= 15 is 0 Å². The van der Waals surface area contributed by atoms with Crippen molar-refractivity contribution in [1.29, 1.82) is 0 Å². The van der Waals surface area contributed by atoms with Gasteiger partial charge in [-0.25, -0.2) is 9.59 Å². The number of hydrogen-bond donors (Lipinski definition) is 13. The van der Waals surface area contributed by atoms with Crippen LogP contribution in [0, 0.1) is 5.92 Å². The first-order chi connectivity index (χ1) is 31.1. The Morgan fingerprint density at radius 2 is 1.02 bits per heavy atom. The van der Waals surface area contributed by atoms with Gasteiger partial charge in [0.05, 0.1) is 0 Å². The maximum absolute atomic E-state index is 13.9. The van der Waals surface area contributed by atoms with Gasteiger partial charge in [0.15, 0.2) is 5.96 Å². The van der Waals surface area contributed by atoms with Crippen molar-refractivity contribution in [2.45, 2.75) is 134 Å². The zero-order chi connectivity index (χ0) is 49.8. The van der Waals surface area contributed by atoms with Gasteiger partial charge < -0.3 is 74.9 Å². The summed E-state index contributed by atoms with van der Waals surface area (Å²) in [4.78, 5) is 132. The number of aliphatic imine (C=N–C) groups is 1. The minimum Gasteiger partial charge on any atom is -0.481 e. The minimum absolute atomic E-state index is 0.0338. The average molecular weight is 936 g/mol. The predicted molar refractivity (Wildman–Crippen MR) is 235 cm³/mol. The van der Waals surface area contributed by atoms with E-state index in [0.717, 1.165) is 0 Å². The van der Waals surface area contributed by atoms with Gasteiger partial charge in [0, 0.05) is 25.8 Å².